The smallest absolute Gasteiger partial charge is 0.276 e. The summed E-state index contributed by atoms with van der Waals surface area (Å²) in [6.07, 6.45) is 5.33. The number of nitrogens with zero attached hydrogens (tertiary/aromatic N) is 4. The second kappa shape index (κ2) is 8.22. The number of carbonyl (C=O) groups excluding carboxylic acids is 1. The third-order valence-corrected chi connectivity index (χ3v) is 5.51. The Bertz CT molecular complexity index is 1340. The van der Waals surface area contributed by atoms with Crippen molar-refractivity contribution in [1.82, 2.24) is 19.3 Å². The van der Waals surface area contributed by atoms with E-state index in [1.165, 1.54) is 48.5 Å². The summed E-state index contributed by atoms with van der Waals surface area (Å²) in [6.45, 7) is 0.971. The first kappa shape index (κ1) is 19.9. The number of fused-ring (bicyclic) bond motifs is 1. The lowest BCUT2D eigenvalue weighted by atomic mass is 10.1. The van der Waals surface area contributed by atoms with Gasteiger partial charge >= 0.3 is 0 Å². The van der Waals surface area contributed by atoms with Crippen LogP contribution in [0.4, 0.5) is 10.1 Å². The third-order valence-electron chi connectivity index (χ3n) is 5.51. The van der Waals surface area contributed by atoms with Crippen molar-refractivity contribution in [3.8, 4) is 17.1 Å². The third kappa shape index (κ3) is 3.82. The molecule has 32 heavy (non-hydrogen) atoms. The molecule has 0 atom stereocenters. The zero-order valence-corrected chi connectivity index (χ0v) is 17.2. The predicted molar refractivity (Wildman–Crippen MR) is 118 cm³/mol. The largest absolute Gasteiger partial charge is 0.328 e. The van der Waals surface area contributed by atoms with E-state index in [0.717, 1.165) is 35.5 Å². The van der Waals surface area contributed by atoms with E-state index in [9.17, 15) is 14.0 Å². The van der Waals surface area contributed by atoms with Gasteiger partial charge in [-0.25, -0.2) is 9.37 Å². The number of rotatable bonds is 4. The van der Waals surface area contributed by atoms with Crippen LogP contribution in [0.15, 0.2) is 71.7 Å². The molecule has 1 aliphatic heterocycles. The van der Waals surface area contributed by atoms with Crippen LogP contribution in [0.5, 0.6) is 0 Å². The minimum Gasteiger partial charge on any atom is -0.328 e. The van der Waals surface area contributed by atoms with Gasteiger partial charge in [0.2, 0.25) is 0 Å². The number of anilines is 1. The fraction of sp³-hybridized carbons (Fsp3) is 0.167. The quantitative estimate of drug-likeness (QED) is 0.535. The first-order chi connectivity index (χ1) is 15.6. The molecule has 1 aliphatic rings. The molecule has 0 bridgehead atoms. The van der Waals surface area contributed by atoms with Crippen LogP contribution in [-0.2, 0) is 13.0 Å². The van der Waals surface area contributed by atoms with Gasteiger partial charge in [0.1, 0.15) is 17.3 Å². The van der Waals surface area contributed by atoms with Crippen LogP contribution in [0.3, 0.4) is 0 Å². The molecule has 0 saturated carbocycles. The fourth-order valence-corrected chi connectivity index (χ4v) is 3.86. The van der Waals surface area contributed by atoms with Gasteiger partial charge in [0.05, 0.1) is 5.69 Å². The van der Waals surface area contributed by atoms with Crippen molar-refractivity contribution in [2.24, 2.45) is 0 Å². The van der Waals surface area contributed by atoms with Gasteiger partial charge in [-0.05, 0) is 73.9 Å². The summed E-state index contributed by atoms with van der Waals surface area (Å²) in [6, 6.07) is 15.4. The summed E-state index contributed by atoms with van der Waals surface area (Å²) < 4.78 is 16.5. The zero-order chi connectivity index (χ0) is 22.1. The van der Waals surface area contributed by atoms with Gasteiger partial charge in [-0.3, -0.25) is 9.59 Å². The van der Waals surface area contributed by atoms with Crippen LogP contribution in [0, 0.1) is 5.82 Å². The summed E-state index contributed by atoms with van der Waals surface area (Å²) in [5.74, 6) is 0.0624. The van der Waals surface area contributed by atoms with Crippen molar-refractivity contribution >= 4 is 11.6 Å². The average Bonchev–Trinajstić information content (AvgIpc) is 3.25. The Morgan fingerprint density at radius 2 is 1.75 bits per heavy atom. The summed E-state index contributed by atoms with van der Waals surface area (Å²) in [4.78, 5) is 29.4. The van der Waals surface area contributed by atoms with Crippen LogP contribution in [0.25, 0.3) is 17.1 Å². The predicted octanol–water partition coefficient (Wildman–Crippen LogP) is 3.82. The van der Waals surface area contributed by atoms with E-state index in [0.29, 0.717) is 11.4 Å². The lowest BCUT2D eigenvalue weighted by Gasteiger charge is -2.16. The van der Waals surface area contributed by atoms with Crippen molar-refractivity contribution in [2.75, 3.05) is 5.32 Å². The van der Waals surface area contributed by atoms with Gasteiger partial charge in [0.15, 0.2) is 0 Å². The van der Waals surface area contributed by atoms with Gasteiger partial charge in [-0.1, -0.05) is 0 Å². The number of hydrogen-bond donors (Lipinski definition) is 1. The highest BCUT2D eigenvalue weighted by atomic mass is 19.1. The molecule has 3 heterocycles. The number of halogens is 1. The second-order valence-electron chi connectivity index (χ2n) is 7.66. The molecule has 0 radical (unpaired) electrons. The zero-order valence-electron chi connectivity index (χ0n) is 17.2. The van der Waals surface area contributed by atoms with Gasteiger partial charge < -0.3 is 9.88 Å². The van der Waals surface area contributed by atoms with E-state index >= 15 is 0 Å². The monoisotopic (exact) mass is 429 g/mol. The average molecular weight is 429 g/mol. The number of nitrogens with one attached hydrogen (secondary N) is 1. The Morgan fingerprint density at radius 1 is 0.969 bits per heavy atom. The molecule has 1 N–H and O–H groups in total. The van der Waals surface area contributed by atoms with Crippen LogP contribution in [-0.4, -0.2) is 25.2 Å². The maximum atomic E-state index is 13.2. The lowest BCUT2D eigenvalue weighted by Crippen LogP contribution is -2.24. The molecular weight excluding hydrogens is 409 g/mol. The summed E-state index contributed by atoms with van der Waals surface area (Å²) >= 11 is 0. The highest BCUT2D eigenvalue weighted by Gasteiger charge is 2.16. The number of aromatic nitrogens is 4. The minimum absolute atomic E-state index is 0.0697. The van der Waals surface area contributed by atoms with Crippen molar-refractivity contribution in [1.29, 1.82) is 0 Å². The molecule has 0 spiro atoms. The molecule has 7 nitrogen and oxygen atoms in total. The molecule has 2 aromatic carbocycles. The first-order valence-corrected chi connectivity index (χ1v) is 10.4. The van der Waals surface area contributed by atoms with Gasteiger partial charge in [0, 0.05) is 35.8 Å². The molecular formula is C24H20FN5O2. The lowest BCUT2D eigenvalue weighted by molar-refractivity contribution is 0.102. The number of imidazole rings is 1. The SMILES string of the molecule is O=C(Nc1ccc(-c2ncc3n2CCCC3)cc1)c1ccc(=O)n(-c2ccc(F)cc2)n1. The molecule has 0 saturated heterocycles. The van der Waals surface area contributed by atoms with E-state index in [1.54, 1.807) is 0 Å². The normalized spacial score (nSPS) is 12.9. The topological polar surface area (TPSA) is 81.8 Å². The maximum absolute atomic E-state index is 13.2. The summed E-state index contributed by atoms with van der Waals surface area (Å²) in [7, 11) is 0. The molecule has 0 unspecified atom stereocenters. The summed E-state index contributed by atoms with van der Waals surface area (Å²) in [5, 5.41) is 6.93. The molecule has 5 rings (SSSR count). The Labute approximate surface area is 183 Å². The maximum Gasteiger partial charge on any atom is 0.276 e. The van der Waals surface area contributed by atoms with Crippen molar-refractivity contribution in [3.63, 3.8) is 0 Å². The molecule has 1 amide bonds. The van der Waals surface area contributed by atoms with Gasteiger partial charge in [-0.15, -0.1) is 0 Å². The number of carbonyl (C=O) groups is 1. The molecule has 4 aromatic rings. The first-order valence-electron chi connectivity index (χ1n) is 10.4. The Hall–Kier alpha value is -4.07. The molecule has 2 aromatic heterocycles. The number of aryl methyl sites for hydroxylation is 1. The standard InChI is InChI=1S/C24H20FN5O2/c25-17-6-10-19(11-7-17)30-22(31)13-12-21(28-30)24(32)27-18-8-4-16(5-9-18)23-26-15-20-3-1-2-14-29(20)23/h4-13,15H,1-3,14H2,(H,27,32). The highest BCUT2D eigenvalue weighted by Crippen LogP contribution is 2.25. The number of amides is 1. The molecule has 8 heteroatoms. The van der Waals surface area contributed by atoms with Gasteiger partial charge in [-0.2, -0.15) is 9.78 Å². The minimum atomic E-state index is -0.452. The van der Waals surface area contributed by atoms with Crippen LogP contribution < -0.4 is 10.9 Å². The van der Waals surface area contributed by atoms with Crippen LogP contribution in [0.2, 0.25) is 0 Å². The number of benzene rings is 2. The second-order valence-corrected chi connectivity index (χ2v) is 7.66. The van der Waals surface area contributed by atoms with Crippen LogP contribution >= 0.6 is 0 Å². The van der Waals surface area contributed by atoms with Crippen molar-refractivity contribution in [3.05, 3.63) is 94.4 Å². The van der Waals surface area contributed by atoms with E-state index in [4.69, 9.17) is 0 Å². The number of hydrogen-bond acceptors (Lipinski definition) is 4. The van der Waals surface area contributed by atoms with E-state index < -0.39 is 17.3 Å². The van der Waals surface area contributed by atoms with Crippen molar-refractivity contribution in [2.45, 2.75) is 25.8 Å². The van der Waals surface area contributed by atoms with Crippen LogP contribution in [0.1, 0.15) is 29.0 Å². The fourth-order valence-electron chi connectivity index (χ4n) is 3.86. The van der Waals surface area contributed by atoms with E-state index in [-0.39, 0.29) is 5.69 Å². The Kier molecular flexibility index (Phi) is 5.10. The molecule has 160 valence electrons. The van der Waals surface area contributed by atoms with Crippen molar-refractivity contribution < 1.29 is 9.18 Å². The van der Waals surface area contributed by atoms with E-state index in [2.05, 4.69) is 20.0 Å². The molecule has 0 aliphatic carbocycles. The van der Waals surface area contributed by atoms with E-state index in [1.807, 2.05) is 30.5 Å². The molecule has 0 fully saturated rings. The Balaban J connectivity index is 1.35. The Morgan fingerprint density at radius 3 is 2.53 bits per heavy atom. The summed E-state index contributed by atoms with van der Waals surface area (Å²) in [5.41, 5.74) is 2.87. The van der Waals surface area contributed by atoms with Gasteiger partial charge in [0.25, 0.3) is 11.5 Å². The highest BCUT2D eigenvalue weighted by molar-refractivity contribution is 6.02.